The Kier molecular flexibility index (Phi) is 4.14. The van der Waals surface area contributed by atoms with Crippen molar-refractivity contribution in [1.29, 1.82) is 0 Å². The van der Waals surface area contributed by atoms with Gasteiger partial charge in [0, 0.05) is 11.3 Å². The Bertz CT molecular complexity index is 378. The number of carbonyl (C=O) groups is 2. The zero-order valence-electron chi connectivity index (χ0n) is 12.2. The van der Waals surface area contributed by atoms with Crippen molar-refractivity contribution in [2.75, 3.05) is 12.8 Å². The number of piperazine rings is 1. The molecule has 0 aromatic carbocycles. The number of nitrogens with zero attached hydrogens (tertiary/aromatic N) is 1. The Morgan fingerprint density at radius 3 is 2.53 bits per heavy atom. The van der Waals surface area contributed by atoms with Crippen molar-refractivity contribution in [1.82, 2.24) is 10.2 Å². The molecule has 3 atom stereocenters. The van der Waals surface area contributed by atoms with Gasteiger partial charge in [-0.25, -0.2) is 0 Å². The molecule has 1 saturated heterocycles. The molecule has 0 spiro atoms. The molecule has 1 aliphatic carbocycles. The molecule has 3 unspecified atom stereocenters. The maximum atomic E-state index is 12.7. The lowest BCUT2D eigenvalue weighted by atomic mass is 9.84. The van der Waals surface area contributed by atoms with Gasteiger partial charge in [0.25, 0.3) is 0 Å². The van der Waals surface area contributed by atoms with Gasteiger partial charge in [-0.2, -0.15) is 11.8 Å². The van der Waals surface area contributed by atoms with E-state index in [9.17, 15) is 9.59 Å². The summed E-state index contributed by atoms with van der Waals surface area (Å²) in [6, 6.07) is -0.157. The predicted octanol–water partition coefficient (Wildman–Crippen LogP) is 1.64. The minimum atomic E-state index is -0.392. The molecule has 2 fully saturated rings. The van der Waals surface area contributed by atoms with Crippen LogP contribution in [0.1, 0.15) is 40.0 Å². The molecule has 0 aromatic rings. The van der Waals surface area contributed by atoms with E-state index in [4.69, 9.17) is 0 Å². The van der Waals surface area contributed by atoms with Crippen molar-refractivity contribution in [3.8, 4) is 0 Å². The summed E-state index contributed by atoms with van der Waals surface area (Å²) in [5.41, 5.74) is -0.237. The largest absolute Gasteiger partial charge is 0.342 e. The highest BCUT2D eigenvalue weighted by Crippen LogP contribution is 2.34. The fourth-order valence-electron chi connectivity index (χ4n) is 3.07. The SMILES string of the molecule is CSC1CCCC1N1CC(=O)NC(C(C)(C)C)C1=O. The number of thioether (sulfide) groups is 1. The third-order valence-electron chi connectivity index (χ3n) is 4.14. The van der Waals surface area contributed by atoms with E-state index in [0.717, 1.165) is 19.3 Å². The molecule has 2 aliphatic rings. The lowest BCUT2D eigenvalue weighted by Crippen LogP contribution is -2.64. The third kappa shape index (κ3) is 2.91. The molecule has 108 valence electrons. The molecule has 1 saturated carbocycles. The smallest absolute Gasteiger partial charge is 0.246 e. The van der Waals surface area contributed by atoms with E-state index >= 15 is 0 Å². The minimum Gasteiger partial charge on any atom is -0.342 e. The first-order chi connectivity index (χ1) is 8.84. The van der Waals surface area contributed by atoms with E-state index in [0.29, 0.717) is 5.25 Å². The van der Waals surface area contributed by atoms with E-state index < -0.39 is 6.04 Å². The number of nitrogens with one attached hydrogen (secondary N) is 1. The topological polar surface area (TPSA) is 49.4 Å². The van der Waals surface area contributed by atoms with E-state index in [2.05, 4.69) is 11.6 Å². The molecule has 1 heterocycles. The average molecular weight is 284 g/mol. The molecule has 4 nitrogen and oxygen atoms in total. The molecule has 19 heavy (non-hydrogen) atoms. The normalized spacial score (nSPS) is 32.6. The van der Waals surface area contributed by atoms with Crippen LogP contribution in [-0.4, -0.2) is 46.8 Å². The minimum absolute atomic E-state index is 0.0220. The maximum Gasteiger partial charge on any atom is 0.246 e. The van der Waals surface area contributed by atoms with Gasteiger partial charge in [-0.05, 0) is 24.5 Å². The fourth-order valence-corrected chi connectivity index (χ4v) is 4.07. The Morgan fingerprint density at radius 2 is 1.95 bits per heavy atom. The van der Waals surface area contributed by atoms with Gasteiger partial charge < -0.3 is 10.2 Å². The van der Waals surface area contributed by atoms with Gasteiger partial charge in [0.05, 0.1) is 6.54 Å². The highest BCUT2D eigenvalue weighted by atomic mass is 32.2. The first-order valence-corrected chi connectivity index (χ1v) is 8.26. The van der Waals surface area contributed by atoms with Gasteiger partial charge in [0.2, 0.25) is 11.8 Å². The van der Waals surface area contributed by atoms with Crippen LogP contribution in [0.5, 0.6) is 0 Å². The standard InChI is InChI=1S/C14H24N2O2S/c1-14(2,3)12-13(18)16(8-11(17)15-12)9-6-5-7-10(9)19-4/h9-10,12H,5-8H2,1-4H3,(H,15,17). The van der Waals surface area contributed by atoms with Crippen LogP contribution in [0, 0.1) is 5.41 Å². The number of amides is 2. The molecule has 2 rings (SSSR count). The number of hydrogen-bond donors (Lipinski definition) is 1. The van der Waals surface area contributed by atoms with Gasteiger partial charge in [0.15, 0.2) is 0 Å². The molecule has 0 aromatic heterocycles. The summed E-state index contributed by atoms with van der Waals surface area (Å²) >= 11 is 1.82. The maximum absolute atomic E-state index is 12.7. The van der Waals surface area contributed by atoms with Gasteiger partial charge >= 0.3 is 0 Å². The first kappa shape index (κ1) is 14.7. The molecule has 1 N–H and O–H groups in total. The molecule has 0 radical (unpaired) electrons. The van der Waals surface area contributed by atoms with E-state index in [1.807, 2.05) is 37.4 Å². The van der Waals surface area contributed by atoms with E-state index in [1.165, 1.54) is 0 Å². The number of hydrogen-bond acceptors (Lipinski definition) is 3. The monoisotopic (exact) mass is 284 g/mol. The summed E-state index contributed by atoms with van der Waals surface area (Å²) < 4.78 is 0. The lowest BCUT2D eigenvalue weighted by molar-refractivity contribution is -0.149. The average Bonchev–Trinajstić information content (AvgIpc) is 2.78. The molecule has 5 heteroatoms. The molecular weight excluding hydrogens is 260 g/mol. The van der Waals surface area contributed by atoms with E-state index in [-0.39, 0.29) is 29.8 Å². The summed E-state index contributed by atoms with van der Waals surface area (Å²) in [6.45, 7) is 6.23. The third-order valence-corrected chi connectivity index (χ3v) is 5.29. The van der Waals surface area contributed by atoms with Crippen molar-refractivity contribution >= 4 is 23.6 Å². The van der Waals surface area contributed by atoms with Crippen LogP contribution in [-0.2, 0) is 9.59 Å². The fraction of sp³-hybridized carbons (Fsp3) is 0.857. The van der Waals surface area contributed by atoms with Gasteiger partial charge in [0.1, 0.15) is 6.04 Å². The van der Waals surface area contributed by atoms with Crippen molar-refractivity contribution in [2.24, 2.45) is 5.41 Å². The van der Waals surface area contributed by atoms with Gasteiger partial charge in [-0.15, -0.1) is 0 Å². The second kappa shape index (κ2) is 5.35. The van der Waals surface area contributed by atoms with Crippen LogP contribution in [0.3, 0.4) is 0 Å². The van der Waals surface area contributed by atoms with Crippen LogP contribution < -0.4 is 5.32 Å². The second-order valence-electron chi connectivity index (χ2n) is 6.61. The summed E-state index contributed by atoms with van der Waals surface area (Å²) in [5.74, 6) is 0.0735. The van der Waals surface area contributed by atoms with Crippen LogP contribution >= 0.6 is 11.8 Å². The number of rotatable bonds is 2. The van der Waals surface area contributed by atoms with Crippen molar-refractivity contribution in [3.63, 3.8) is 0 Å². The molecular formula is C14H24N2O2S. The van der Waals surface area contributed by atoms with Crippen LogP contribution in [0.15, 0.2) is 0 Å². The summed E-state index contributed by atoms with van der Waals surface area (Å²) in [6.07, 6.45) is 5.43. The summed E-state index contributed by atoms with van der Waals surface area (Å²) in [5, 5.41) is 3.34. The Labute approximate surface area is 119 Å². The molecule has 2 amide bonds. The molecule has 1 aliphatic heterocycles. The second-order valence-corrected chi connectivity index (χ2v) is 7.68. The molecule has 0 bridgehead atoms. The Balaban J connectivity index is 2.20. The van der Waals surface area contributed by atoms with Gasteiger partial charge in [-0.3, -0.25) is 9.59 Å². The van der Waals surface area contributed by atoms with Crippen LogP contribution in [0.25, 0.3) is 0 Å². The highest BCUT2D eigenvalue weighted by molar-refractivity contribution is 7.99. The first-order valence-electron chi connectivity index (χ1n) is 6.97. The van der Waals surface area contributed by atoms with E-state index in [1.54, 1.807) is 0 Å². The van der Waals surface area contributed by atoms with Crippen molar-refractivity contribution in [2.45, 2.75) is 57.4 Å². The number of carbonyl (C=O) groups excluding carboxylic acids is 2. The zero-order chi connectivity index (χ0) is 14.2. The summed E-state index contributed by atoms with van der Waals surface area (Å²) in [4.78, 5) is 26.4. The lowest BCUT2D eigenvalue weighted by Gasteiger charge is -2.42. The van der Waals surface area contributed by atoms with Crippen molar-refractivity contribution < 1.29 is 9.59 Å². The van der Waals surface area contributed by atoms with Crippen LogP contribution in [0.4, 0.5) is 0 Å². The van der Waals surface area contributed by atoms with Crippen molar-refractivity contribution in [3.05, 3.63) is 0 Å². The summed E-state index contributed by atoms with van der Waals surface area (Å²) in [7, 11) is 0. The van der Waals surface area contributed by atoms with Gasteiger partial charge in [-0.1, -0.05) is 27.2 Å². The Hall–Kier alpha value is -0.710. The highest BCUT2D eigenvalue weighted by Gasteiger charge is 2.44. The zero-order valence-corrected chi connectivity index (χ0v) is 13.0. The quantitative estimate of drug-likeness (QED) is 0.839. The van der Waals surface area contributed by atoms with Crippen LogP contribution in [0.2, 0.25) is 0 Å². The Morgan fingerprint density at radius 1 is 1.26 bits per heavy atom. The predicted molar refractivity (Wildman–Crippen MR) is 78.0 cm³/mol.